The van der Waals surface area contributed by atoms with Crippen LogP contribution in [0, 0.1) is 5.92 Å². The highest BCUT2D eigenvalue weighted by atomic mass is 32.2. The largest absolute Gasteiger partial charge is 0.469 e. The number of thioether (sulfide) groups is 1. The maximum atomic E-state index is 11.2. The molecular weight excluding hydrogens is 240 g/mol. The molecule has 1 atom stereocenters. The number of ether oxygens (including phenoxy) is 1. The molecule has 0 aliphatic rings. The smallest absolute Gasteiger partial charge is 0.309 e. The highest BCUT2D eigenvalue weighted by Gasteiger charge is 2.13. The van der Waals surface area contributed by atoms with Crippen LogP contribution in [0.15, 0.2) is 4.52 Å². The van der Waals surface area contributed by atoms with E-state index >= 15 is 0 Å². The second-order valence-electron chi connectivity index (χ2n) is 3.79. The average Bonchev–Trinajstić information content (AvgIpc) is 2.76. The summed E-state index contributed by atoms with van der Waals surface area (Å²) in [5.74, 6) is 2.41. The summed E-state index contributed by atoms with van der Waals surface area (Å²) in [5.41, 5.74) is 0. The van der Waals surface area contributed by atoms with Gasteiger partial charge < -0.3 is 9.26 Å². The maximum absolute atomic E-state index is 11.2. The zero-order valence-corrected chi connectivity index (χ0v) is 11.2. The van der Waals surface area contributed by atoms with Crippen molar-refractivity contribution in [1.29, 1.82) is 0 Å². The van der Waals surface area contributed by atoms with Gasteiger partial charge in [-0.1, -0.05) is 19.0 Å². The van der Waals surface area contributed by atoms with Gasteiger partial charge in [0.15, 0.2) is 5.82 Å². The second kappa shape index (κ2) is 7.32. The number of carbonyl (C=O) groups is 1. The number of nitrogens with zero attached hydrogens (tertiary/aromatic N) is 2. The summed E-state index contributed by atoms with van der Waals surface area (Å²) in [6, 6.07) is 0. The first kappa shape index (κ1) is 14.0. The van der Waals surface area contributed by atoms with Crippen LogP contribution in [0.5, 0.6) is 0 Å². The molecule has 1 heterocycles. The molecule has 5 nitrogen and oxygen atoms in total. The first-order valence-corrected chi connectivity index (χ1v) is 6.79. The lowest BCUT2D eigenvalue weighted by molar-refractivity contribution is -0.143. The zero-order valence-electron chi connectivity index (χ0n) is 10.4. The molecule has 0 aromatic carbocycles. The van der Waals surface area contributed by atoms with Crippen molar-refractivity contribution in [3.63, 3.8) is 0 Å². The number of aromatic nitrogens is 2. The normalized spacial score (nSPS) is 12.4. The van der Waals surface area contributed by atoms with E-state index in [0.717, 1.165) is 18.7 Å². The van der Waals surface area contributed by atoms with Crippen molar-refractivity contribution in [2.24, 2.45) is 5.92 Å². The summed E-state index contributed by atoms with van der Waals surface area (Å²) in [7, 11) is 1.40. The summed E-state index contributed by atoms with van der Waals surface area (Å²) >= 11 is 1.59. The molecule has 0 N–H and O–H groups in total. The Morgan fingerprint density at radius 2 is 2.35 bits per heavy atom. The van der Waals surface area contributed by atoms with Gasteiger partial charge in [0.25, 0.3) is 0 Å². The Hall–Kier alpha value is -1.04. The zero-order chi connectivity index (χ0) is 12.7. The van der Waals surface area contributed by atoms with Gasteiger partial charge in [0.1, 0.15) is 0 Å². The molecule has 6 heteroatoms. The Kier molecular flexibility index (Phi) is 6.04. The number of methoxy groups -OCH3 is 1. The van der Waals surface area contributed by atoms with E-state index < -0.39 is 0 Å². The molecule has 0 aliphatic heterocycles. The Morgan fingerprint density at radius 1 is 1.59 bits per heavy atom. The van der Waals surface area contributed by atoms with E-state index in [-0.39, 0.29) is 11.9 Å². The van der Waals surface area contributed by atoms with Crippen LogP contribution in [-0.2, 0) is 21.7 Å². The Morgan fingerprint density at radius 3 is 3.00 bits per heavy atom. The van der Waals surface area contributed by atoms with Crippen LogP contribution < -0.4 is 0 Å². The molecule has 1 aromatic rings. The number of aryl methyl sites for hydroxylation is 1. The molecule has 0 saturated heterocycles. The standard InChI is InChI=1S/C11H18N2O3S/c1-4-5-9-12-10(16-13-9)7-17-6-8(2)11(14)15-3/h8H,4-7H2,1-3H3. The Balaban J connectivity index is 2.28. The fraction of sp³-hybridized carbons (Fsp3) is 0.727. The summed E-state index contributed by atoms with van der Waals surface area (Å²) in [5, 5.41) is 3.86. The van der Waals surface area contributed by atoms with Crippen LogP contribution in [0.1, 0.15) is 32.0 Å². The van der Waals surface area contributed by atoms with Gasteiger partial charge in [0.2, 0.25) is 5.89 Å². The number of rotatable bonds is 7. The van der Waals surface area contributed by atoms with Gasteiger partial charge in [0, 0.05) is 12.2 Å². The van der Waals surface area contributed by atoms with E-state index in [1.807, 2.05) is 6.92 Å². The highest BCUT2D eigenvalue weighted by molar-refractivity contribution is 7.98. The molecule has 1 unspecified atom stereocenters. The fourth-order valence-electron chi connectivity index (χ4n) is 1.27. The van der Waals surface area contributed by atoms with Gasteiger partial charge in [-0.15, -0.1) is 0 Å². The first-order valence-electron chi connectivity index (χ1n) is 5.64. The van der Waals surface area contributed by atoms with E-state index in [1.165, 1.54) is 7.11 Å². The van der Waals surface area contributed by atoms with E-state index in [1.54, 1.807) is 11.8 Å². The van der Waals surface area contributed by atoms with Crippen molar-refractivity contribution in [2.45, 2.75) is 32.4 Å². The van der Waals surface area contributed by atoms with Gasteiger partial charge in [0.05, 0.1) is 18.8 Å². The topological polar surface area (TPSA) is 65.2 Å². The lowest BCUT2D eigenvalue weighted by Crippen LogP contribution is -2.14. The molecule has 0 radical (unpaired) electrons. The third-order valence-electron chi connectivity index (χ3n) is 2.18. The minimum absolute atomic E-state index is 0.108. The SMILES string of the molecule is CCCc1noc(CSCC(C)C(=O)OC)n1. The monoisotopic (exact) mass is 258 g/mol. The number of carbonyl (C=O) groups excluding carboxylic acids is 1. The Bertz CT molecular complexity index is 354. The molecule has 1 rings (SSSR count). The fourth-order valence-corrected chi connectivity index (χ4v) is 2.17. The van der Waals surface area contributed by atoms with Crippen molar-refractivity contribution in [1.82, 2.24) is 10.1 Å². The van der Waals surface area contributed by atoms with Crippen molar-refractivity contribution < 1.29 is 14.1 Å². The van der Waals surface area contributed by atoms with Crippen LogP contribution in [0.4, 0.5) is 0 Å². The number of hydrogen-bond acceptors (Lipinski definition) is 6. The van der Waals surface area contributed by atoms with Gasteiger partial charge in [-0.05, 0) is 6.42 Å². The molecule has 0 fully saturated rings. The van der Waals surface area contributed by atoms with Crippen LogP contribution in [0.2, 0.25) is 0 Å². The third-order valence-corrected chi connectivity index (χ3v) is 3.37. The van der Waals surface area contributed by atoms with Crippen LogP contribution >= 0.6 is 11.8 Å². The van der Waals surface area contributed by atoms with Gasteiger partial charge in [-0.25, -0.2) is 0 Å². The molecule has 0 amide bonds. The second-order valence-corrected chi connectivity index (χ2v) is 4.82. The molecule has 17 heavy (non-hydrogen) atoms. The molecule has 96 valence electrons. The summed E-state index contributed by atoms with van der Waals surface area (Å²) < 4.78 is 9.73. The Labute approximate surface area is 105 Å². The molecule has 1 aromatic heterocycles. The van der Waals surface area contributed by atoms with E-state index in [0.29, 0.717) is 17.4 Å². The minimum atomic E-state index is -0.185. The molecule has 0 spiro atoms. The number of esters is 1. The summed E-state index contributed by atoms with van der Waals surface area (Å²) in [4.78, 5) is 15.4. The van der Waals surface area contributed by atoms with Crippen molar-refractivity contribution in [3.05, 3.63) is 11.7 Å². The molecule has 0 bridgehead atoms. The molecule has 0 saturated carbocycles. The van der Waals surface area contributed by atoms with Crippen LogP contribution in [0.3, 0.4) is 0 Å². The highest BCUT2D eigenvalue weighted by Crippen LogP contribution is 2.15. The van der Waals surface area contributed by atoms with E-state index in [9.17, 15) is 4.79 Å². The maximum Gasteiger partial charge on any atom is 0.309 e. The van der Waals surface area contributed by atoms with Crippen molar-refractivity contribution in [3.8, 4) is 0 Å². The minimum Gasteiger partial charge on any atom is -0.469 e. The van der Waals surface area contributed by atoms with Gasteiger partial charge in [-0.2, -0.15) is 16.7 Å². The van der Waals surface area contributed by atoms with Gasteiger partial charge >= 0.3 is 5.97 Å². The average molecular weight is 258 g/mol. The van der Waals surface area contributed by atoms with E-state index in [4.69, 9.17) is 4.52 Å². The van der Waals surface area contributed by atoms with Crippen LogP contribution in [-0.4, -0.2) is 29.0 Å². The van der Waals surface area contributed by atoms with Crippen molar-refractivity contribution >= 4 is 17.7 Å². The summed E-state index contributed by atoms with van der Waals surface area (Å²) in [6.45, 7) is 3.91. The van der Waals surface area contributed by atoms with Crippen molar-refractivity contribution in [2.75, 3.05) is 12.9 Å². The third kappa shape index (κ3) is 4.77. The van der Waals surface area contributed by atoms with E-state index in [2.05, 4.69) is 21.8 Å². The quantitative estimate of drug-likeness (QED) is 0.697. The number of hydrogen-bond donors (Lipinski definition) is 0. The molecular formula is C11H18N2O3S. The molecule has 0 aliphatic carbocycles. The summed E-state index contributed by atoms with van der Waals surface area (Å²) in [6.07, 6.45) is 1.85. The van der Waals surface area contributed by atoms with Crippen LogP contribution in [0.25, 0.3) is 0 Å². The first-order chi connectivity index (χ1) is 8.17. The van der Waals surface area contributed by atoms with Gasteiger partial charge in [-0.3, -0.25) is 4.79 Å². The predicted molar refractivity (Wildman–Crippen MR) is 65.6 cm³/mol. The lowest BCUT2D eigenvalue weighted by Gasteiger charge is -2.06. The lowest BCUT2D eigenvalue weighted by atomic mass is 10.2. The predicted octanol–water partition coefficient (Wildman–Crippen LogP) is 2.06.